The molecule has 0 radical (unpaired) electrons. The van der Waals surface area contributed by atoms with Crippen molar-refractivity contribution in [3.05, 3.63) is 16.3 Å². The Morgan fingerprint density at radius 1 is 1.45 bits per heavy atom. The van der Waals surface area contributed by atoms with Crippen molar-refractivity contribution >= 4 is 39.5 Å². The van der Waals surface area contributed by atoms with E-state index < -0.39 is 26.4 Å². The Morgan fingerprint density at radius 3 is 2.59 bits per heavy atom. The predicted octanol–water partition coefficient (Wildman–Crippen LogP) is 2.41. The van der Waals surface area contributed by atoms with E-state index in [0.29, 0.717) is 6.42 Å². The molecule has 10 heteroatoms. The van der Waals surface area contributed by atoms with Gasteiger partial charge in [0.15, 0.2) is 0 Å². The molecule has 0 saturated heterocycles. The van der Waals surface area contributed by atoms with Gasteiger partial charge in [-0.15, -0.1) is 23.7 Å². The van der Waals surface area contributed by atoms with Crippen LogP contribution in [-0.4, -0.2) is 32.7 Å². The van der Waals surface area contributed by atoms with Gasteiger partial charge in [-0.05, 0) is 17.9 Å². The molecule has 1 heterocycles. The van der Waals surface area contributed by atoms with E-state index in [9.17, 15) is 22.0 Å². The maximum atomic E-state index is 12.6. The van der Waals surface area contributed by atoms with E-state index in [2.05, 4.69) is 5.32 Å². The molecule has 0 bridgehead atoms. The van der Waals surface area contributed by atoms with E-state index in [1.165, 1.54) is 5.38 Å². The number of thiophene rings is 1. The normalized spacial score (nSPS) is 12.8. The minimum atomic E-state index is -4.78. The zero-order chi connectivity index (χ0) is 16.0. The van der Waals surface area contributed by atoms with Gasteiger partial charge in [-0.25, -0.2) is 8.42 Å². The van der Waals surface area contributed by atoms with Crippen molar-refractivity contribution in [2.24, 2.45) is 5.73 Å². The summed E-state index contributed by atoms with van der Waals surface area (Å²) in [6, 6.07) is 0.714. The van der Waals surface area contributed by atoms with E-state index in [0.717, 1.165) is 30.2 Å². The number of nitrogens with one attached hydrogen (secondary N) is 1. The first-order chi connectivity index (χ1) is 9.84. The second-order valence-corrected chi connectivity index (χ2v) is 7.27. The van der Waals surface area contributed by atoms with Gasteiger partial charge >= 0.3 is 5.76 Å². The van der Waals surface area contributed by atoms with Crippen LogP contribution < -0.4 is 11.1 Å². The van der Waals surface area contributed by atoms with Gasteiger partial charge in [-0.1, -0.05) is 19.8 Å². The SMILES string of the molecule is CCCCC(CN)NC(=O)c1sccc1S(=O)(=O)C(F)F.Cl. The van der Waals surface area contributed by atoms with Gasteiger partial charge < -0.3 is 11.1 Å². The molecule has 0 saturated carbocycles. The second kappa shape index (κ2) is 9.39. The number of hydrogen-bond acceptors (Lipinski definition) is 5. The summed E-state index contributed by atoms with van der Waals surface area (Å²) in [5.74, 6) is -4.24. The summed E-state index contributed by atoms with van der Waals surface area (Å²) in [4.78, 5) is 11.2. The molecule has 0 aliphatic rings. The van der Waals surface area contributed by atoms with Crippen molar-refractivity contribution in [3.8, 4) is 0 Å². The Morgan fingerprint density at radius 2 is 2.09 bits per heavy atom. The van der Waals surface area contributed by atoms with Crippen LogP contribution >= 0.6 is 23.7 Å². The molecule has 0 spiro atoms. The number of amides is 1. The Bertz CT molecular complexity index is 579. The fraction of sp³-hybridized carbons (Fsp3) is 0.583. The topological polar surface area (TPSA) is 89.3 Å². The number of alkyl halides is 2. The number of rotatable bonds is 8. The Hall–Kier alpha value is -0.770. The highest BCUT2D eigenvalue weighted by Crippen LogP contribution is 2.26. The second-order valence-electron chi connectivity index (χ2n) is 4.47. The van der Waals surface area contributed by atoms with Crippen LogP contribution in [0.1, 0.15) is 35.9 Å². The molecule has 0 fully saturated rings. The van der Waals surface area contributed by atoms with Gasteiger partial charge in [-0.3, -0.25) is 4.79 Å². The van der Waals surface area contributed by atoms with E-state index in [1.54, 1.807) is 0 Å². The Balaban J connectivity index is 0.00000441. The van der Waals surface area contributed by atoms with Crippen LogP contribution in [0.25, 0.3) is 0 Å². The first kappa shape index (κ1) is 21.2. The van der Waals surface area contributed by atoms with Gasteiger partial charge in [0.1, 0.15) is 4.88 Å². The largest absolute Gasteiger partial charge is 0.347 e. The molecule has 5 nitrogen and oxygen atoms in total. The molecule has 128 valence electrons. The summed E-state index contributed by atoms with van der Waals surface area (Å²) in [6.07, 6.45) is 2.44. The molecule has 3 N–H and O–H groups in total. The Labute approximate surface area is 138 Å². The third-order valence-electron chi connectivity index (χ3n) is 2.90. The molecular formula is C12H19ClF2N2O3S2. The highest BCUT2D eigenvalue weighted by atomic mass is 35.5. The lowest BCUT2D eigenvalue weighted by atomic mass is 10.1. The average molecular weight is 377 g/mol. The van der Waals surface area contributed by atoms with Crippen molar-refractivity contribution in [3.63, 3.8) is 0 Å². The van der Waals surface area contributed by atoms with Crippen LogP contribution in [0.3, 0.4) is 0 Å². The molecule has 0 aliphatic heterocycles. The van der Waals surface area contributed by atoms with Crippen molar-refractivity contribution in [2.45, 2.75) is 42.9 Å². The quantitative estimate of drug-likeness (QED) is 0.729. The monoisotopic (exact) mass is 376 g/mol. The van der Waals surface area contributed by atoms with Gasteiger partial charge in [0.25, 0.3) is 5.91 Å². The minimum absolute atomic E-state index is 0. The number of carbonyl (C=O) groups excluding carboxylic acids is 1. The zero-order valence-corrected chi connectivity index (χ0v) is 14.4. The lowest BCUT2D eigenvalue weighted by Gasteiger charge is -2.16. The summed E-state index contributed by atoms with van der Waals surface area (Å²) < 4.78 is 48.2. The van der Waals surface area contributed by atoms with Gasteiger partial charge in [0.2, 0.25) is 9.84 Å². The molecule has 1 atom stereocenters. The maximum Gasteiger partial charge on any atom is 0.341 e. The highest BCUT2D eigenvalue weighted by molar-refractivity contribution is 7.92. The van der Waals surface area contributed by atoms with E-state index in [1.807, 2.05) is 6.92 Å². The number of halogens is 3. The third-order valence-corrected chi connectivity index (χ3v) is 5.37. The number of hydrogen-bond donors (Lipinski definition) is 2. The smallest absolute Gasteiger partial charge is 0.341 e. The Kier molecular flexibility index (Phi) is 9.06. The molecule has 22 heavy (non-hydrogen) atoms. The molecular weight excluding hydrogens is 358 g/mol. The van der Waals surface area contributed by atoms with Crippen LogP contribution in [-0.2, 0) is 9.84 Å². The number of carbonyl (C=O) groups is 1. The lowest BCUT2D eigenvalue weighted by molar-refractivity contribution is 0.0937. The number of nitrogens with two attached hydrogens (primary N) is 1. The zero-order valence-electron chi connectivity index (χ0n) is 11.9. The molecule has 0 aliphatic carbocycles. The molecule has 1 aromatic rings. The van der Waals surface area contributed by atoms with Crippen LogP contribution in [0, 0.1) is 0 Å². The van der Waals surface area contributed by atoms with E-state index in [4.69, 9.17) is 5.73 Å². The summed E-state index contributed by atoms with van der Waals surface area (Å²) in [5.41, 5.74) is 5.54. The van der Waals surface area contributed by atoms with Crippen LogP contribution in [0.5, 0.6) is 0 Å². The summed E-state index contributed by atoms with van der Waals surface area (Å²) in [5, 5.41) is 3.89. The van der Waals surface area contributed by atoms with Crippen molar-refractivity contribution in [1.82, 2.24) is 5.32 Å². The summed E-state index contributed by atoms with van der Waals surface area (Å²) in [6.45, 7) is 2.19. The van der Waals surface area contributed by atoms with Crippen LogP contribution in [0.4, 0.5) is 8.78 Å². The minimum Gasteiger partial charge on any atom is -0.347 e. The first-order valence-electron chi connectivity index (χ1n) is 6.45. The lowest BCUT2D eigenvalue weighted by Crippen LogP contribution is -2.40. The van der Waals surface area contributed by atoms with Gasteiger partial charge in [-0.2, -0.15) is 8.78 Å². The first-order valence-corrected chi connectivity index (χ1v) is 8.87. The fourth-order valence-electron chi connectivity index (χ4n) is 1.73. The third kappa shape index (κ3) is 5.15. The molecule has 1 aromatic heterocycles. The van der Waals surface area contributed by atoms with Gasteiger partial charge in [0, 0.05) is 12.6 Å². The van der Waals surface area contributed by atoms with Crippen LogP contribution in [0.2, 0.25) is 0 Å². The highest BCUT2D eigenvalue weighted by Gasteiger charge is 2.32. The van der Waals surface area contributed by atoms with Crippen LogP contribution in [0.15, 0.2) is 16.3 Å². The number of unbranched alkanes of at least 4 members (excludes halogenated alkanes) is 1. The average Bonchev–Trinajstić information content (AvgIpc) is 2.93. The van der Waals surface area contributed by atoms with E-state index >= 15 is 0 Å². The van der Waals surface area contributed by atoms with Crippen molar-refractivity contribution in [2.75, 3.05) is 6.54 Å². The molecule has 0 aromatic carbocycles. The fourth-order valence-corrected chi connectivity index (χ4v) is 3.80. The molecule has 1 unspecified atom stereocenters. The van der Waals surface area contributed by atoms with E-state index in [-0.39, 0.29) is 29.9 Å². The molecule has 1 rings (SSSR count). The standard InChI is InChI=1S/C12H18F2N2O3S2.ClH/c1-2-3-4-8(7-15)16-11(17)10-9(5-6-20-10)21(18,19)12(13)14;/h5-6,8,12H,2-4,7,15H2,1H3,(H,16,17);1H. The summed E-state index contributed by atoms with van der Waals surface area (Å²) in [7, 11) is -4.78. The number of sulfone groups is 1. The molecule has 1 amide bonds. The predicted molar refractivity (Wildman–Crippen MR) is 84.6 cm³/mol. The summed E-state index contributed by atoms with van der Waals surface area (Å²) >= 11 is 0.813. The maximum absolute atomic E-state index is 12.6. The van der Waals surface area contributed by atoms with Crippen molar-refractivity contribution in [1.29, 1.82) is 0 Å². The van der Waals surface area contributed by atoms with Crippen molar-refractivity contribution < 1.29 is 22.0 Å². The van der Waals surface area contributed by atoms with Gasteiger partial charge in [0.05, 0.1) is 4.90 Å².